The van der Waals surface area contributed by atoms with Crippen LogP contribution in [0.25, 0.3) is 0 Å². The fourth-order valence-corrected chi connectivity index (χ4v) is 2.14. The van der Waals surface area contributed by atoms with Crippen molar-refractivity contribution in [2.75, 3.05) is 0 Å². The Balaban J connectivity index is 2.21. The lowest BCUT2D eigenvalue weighted by Gasteiger charge is -2.37. The van der Waals surface area contributed by atoms with Crippen LogP contribution in [0.3, 0.4) is 0 Å². The molecule has 0 radical (unpaired) electrons. The van der Waals surface area contributed by atoms with Gasteiger partial charge in [0.2, 0.25) is 0 Å². The number of carboxylic acid groups (broad SMARTS) is 1. The zero-order valence-corrected chi connectivity index (χ0v) is 10.3. The van der Waals surface area contributed by atoms with Gasteiger partial charge in [-0.05, 0) is 42.0 Å². The number of carbonyl (C=O) groups is 1. The molecular weight excluding hydrogens is 220 g/mol. The summed E-state index contributed by atoms with van der Waals surface area (Å²) in [5, 5.41) is 20.8. The van der Waals surface area contributed by atoms with Gasteiger partial charge in [0, 0.05) is 6.42 Å². The van der Waals surface area contributed by atoms with Gasteiger partial charge in [0.05, 0.1) is 0 Å². The molecule has 0 bridgehead atoms. The molecule has 0 unspecified atom stereocenters. The Labute approximate surface area is 100 Å². The van der Waals surface area contributed by atoms with E-state index < -0.39 is 11.5 Å². The smallest absolute Gasteiger partial charge is 0.331 e. The van der Waals surface area contributed by atoms with Gasteiger partial charge in [0.25, 0.3) is 0 Å². The standard InChI is InChI=1S/C11H18N4O2/c1-8(2)4-5-9-12-13-14-15(9)11(10(16)17)6-3-7-11/h8H,3-7H2,1-2H3,(H,16,17). The predicted octanol–water partition coefficient (Wildman–Crippen LogP) is 1.23. The van der Waals surface area contributed by atoms with Gasteiger partial charge in [-0.25, -0.2) is 9.48 Å². The second-order valence-electron chi connectivity index (χ2n) is 5.13. The lowest BCUT2D eigenvalue weighted by Crippen LogP contribution is -2.49. The van der Waals surface area contributed by atoms with Crippen molar-refractivity contribution < 1.29 is 9.90 Å². The molecule has 2 rings (SSSR count). The predicted molar refractivity (Wildman–Crippen MR) is 60.4 cm³/mol. The first-order chi connectivity index (χ1) is 8.06. The maximum atomic E-state index is 11.4. The molecule has 1 aliphatic rings. The van der Waals surface area contributed by atoms with Crippen LogP contribution in [-0.2, 0) is 16.8 Å². The highest BCUT2D eigenvalue weighted by molar-refractivity contribution is 5.77. The molecule has 0 spiro atoms. The van der Waals surface area contributed by atoms with Crippen molar-refractivity contribution >= 4 is 5.97 Å². The van der Waals surface area contributed by atoms with Gasteiger partial charge in [-0.1, -0.05) is 13.8 Å². The highest BCUT2D eigenvalue weighted by Gasteiger charge is 2.48. The van der Waals surface area contributed by atoms with Gasteiger partial charge < -0.3 is 5.11 Å². The average Bonchev–Trinajstić information content (AvgIpc) is 2.61. The molecule has 0 amide bonds. The van der Waals surface area contributed by atoms with E-state index >= 15 is 0 Å². The van der Waals surface area contributed by atoms with Crippen LogP contribution in [0.5, 0.6) is 0 Å². The van der Waals surface area contributed by atoms with E-state index in [1.165, 1.54) is 4.68 Å². The summed E-state index contributed by atoms with van der Waals surface area (Å²) in [6.07, 6.45) is 3.88. The van der Waals surface area contributed by atoms with Crippen LogP contribution in [0.4, 0.5) is 0 Å². The number of aryl methyl sites for hydroxylation is 1. The zero-order chi connectivity index (χ0) is 12.5. The van der Waals surface area contributed by atoms with Gasteiger partial charge in [-0.15, -0.1) is 5.10 Å². The molecule has 0 aromatic carbocycles. The fourth-order valence-electron chi connectivity index (χ4n) is 2.14. The first kappa shape index (κ1) is 12.0. The summed E-state index contributed by atoms with van der Waals surface area (Å²) in [4.78, 5) is 11.4. The Morgan fingerprint density at radius 2 is 2.24 bits per heavy atom. The molecule has 1 aliphatic carbocycles. The molecule has 94 valence electrons. The van der Waals surface area contributed by atoms with Crippen molar-refractivity contribution in [2.45, 2.75) is 51.5 Å². The molecular formula is C11H18N4O2. The largest absolute Gasteiger partial charge is 0.479 e. The van der Waals surface area contributed by atoms with Gasteiger partial charge >= 0.3 is 5.97 Å². The summed E-state index contributed by atoms with van der Waals surface area (Å²) in [5.41, 5.74) is -0.879. The van der Waals surface area contributed by atoms with Crippen LogP contribution < -0.4 is 0 Å². The first-order valence-corrected chi connectivity index (χ1v) is 6.07. The van der Waals surface area contributed by atoms with Crippen molar-refractivity contribution in [2.24, 2.45) is 5.92 Å². The number of carboxylic acids is 1. The molecule has 0 atom stereocenters. The van der Waals surface area contributed by atoms with E-state index in [9.17, 15) is 9.90 Å². The van der Waals surface area contributed by atoms with Crippen LogP contribution in [0.1, 0.15) is 45.4 Å². The van der Waals surface area contributed by atoms with E-state index in [1.54, 1.807) is 0 Å². The summed E-state index contributed by atoms with van der Waals surface area (Å²) in [6.45, 7) is 4.26. The molecule has 6 heteroatoms. The quantitative estimate of drug-likeness (QED) is 0.834. The SMILES string of the molecule is CC(C)CCc1nnnn1C1(C(=O)O)CCC1. The average molecular weight is 238 g/mol. The highest BCUT2D eigenvalue weighted by atomic mass is 16.4. The Morgan fingerprint density at radius 1 is 1.53 bits per heavy atom. The number of aromatic nitrogens is 4. The van der Waals surface area contributed by atoms with E-state index in [4.69, 9.17) is 0 Å². The summed E-state index contributed by atoms with van der Waals surface area (Å²) in [5.74, 6) is 0.435. The normalized spacial score (nSPS) is 18.1. The topological polar surface area (TPSA) is 80.9 Å². The van der Waals surface area contributed by atoms with Crippen LogP contribution in [0.2, 0.25) is 0 Å². The maximum absolute atomic E-state index is 11.4. The summed E-state index contributed by atoms with van der Waals surface area (Å²) in [7, 11) is 0. The van der Waals surface area contributed by atoms with Crippen molar-refractivity contribution in [3.63, 3.8) is 0 Å². The minimum Gasteiger partial charge on any atom is -0.479 e. The third kappa shape index (κ3) is 2.03. The third-order valence-electron chi connectivity index (χ3n) is 3.46. The van der Waals surface area contributed by atoms with Gasteiger partial charge in [-0.2, -0.15) is 0 Å². The molecule has 1 heterocycles. The molecule has 0 saturated heterocycles. The Kier molecular flexibility index (Phi) is 3.13. The summed E-state index contributed by atoms with van der Waals surface area (Å²) < 4.78 is 1.53. The Hall–Kier alpha value is -1.46. The highest BCUT2D eigenvalue weighted by Crippen LogP contribution is 2.39. The number of hydrogen-bond acceptors (Lipinski definition) is 4. The van der Waals surface area contributed by atoms with E-state index in [1.807, 2.05) is 0 Å². The monoisotopic (exact) mass is 238 g/mol. The lowest BCUT2D eigenvalue weighted by atomic mass is 9.77. The Bertz CT molecular complexity index is 409. The van der Waals surface area contributed by atoms with Gasteiger partial charge in [0.15, 0.2) is 11.4 Å². The van der Waals surface area contributed by atoms with Crippen molar-refractivity contribution in [1.29, 1.82) is 0 Å². The Morgan fingerprint density at radius 3 is 2.71 bits per heavy atom. The molecule has 17 heavy (non-hydrogen) atoms. The molecule has 6 nitrogen and oxygen atoms in total. The number of hydrogen-bond donors (Lipinski definition) is 1. The maximum Gasteiger partial charge on any atom is 0.331 e. The lowest BCUT2D eigenvalue weighted by molar-refractivity contribution is -0.153. The van der Waals surface area contributed by atoms with Crippen LogP contribution in [0, 0.1) is 5.92 Å². The van der Waals surface area contributed by atoms with E-state index in [0.717, 1.165) is 19.3 Å². The number of aliphatic carboxylic acids is 1. The van der Waals surface area contributed by atoms with E-state index in [2.05, 4.69) is 29.4 Å². The fraction of sp³-hybridized carbons (Fsp3) is 0.818. The molecule has 0 aliphatic heterocycles. The molecule has 1 fully saturated rings. The minimum absolute atomic E-state index is 0.558. The van der Waals surface area contributed by atoms with Crippen molar-refractivity contribution in [3.8, 4) is 0 Å². The third-order valence-corrected chi connectivity index (χ3v) is 3.46. The second-order valence-corrected chi connectivity index (χ2v) is 5.13. The number of nitrogens with zero attached hydrogens (tertiary/aromatic N) is 4. The van der Waals surface area contributed by atoms with Crippen molar-refractivity contribution in [1.82, 2.24) is 20.2 Å². The molecule has 1 saturated carbocycles. The number of tetrazole rings is 1. The summed E-state index contributed by atoms with van der Waals surface area (Å²) in [6, 6.07) is 0. The van der Waals surface area contributed by atoms with Crippen LogP contribution in [0.15, 0.2) is 0 Å². The summed E-state index contributed by atoms with van der Waals surface area (Å²) >= 11 is 0. The number of rotatable bonds is 5. The molecule has 1 aromatic heterocycles. The van der Waals surface area contributed by atoms with Crippen molar-refractivity contribution in [3.05, 3.63) is 5.82 Å². The molecule has 1 aromatic rings. The van der Waals surface area contributed by atoms with Gasteiger partial charge in [0.1, 0.15) is 0 Å². The van der Waals surface area contributed by atoms with Crippen LogP contribution in [-0.4, -0.2) is 31.3 Å². The van der Waals surface area contributed by atoms with Gasteiger partial charge in [-0.3, -0.25) is 0 Å². The zero-order valence-electron chi connectivity index (χ0n) is 10.3. The second kappa shape index (κ2) is 4.43. The van der Waals surface area contributed by atoms with Crippen LogP contribution >= 0.6 is 0 Å². The van der Waals surface area contributed by atoms with E-state index in [-0.39, 0.29) is 0 Å². The minimum atomic E-state index is -0.879. The van der Waals surface area contributed by atoms with E-state index in [0.29, 0.717) is 24.6 Å². The molecule has 1 N–H and O–H groups in total. The first-order valence-electron chi connectivity index (χ1n) is 6.07.